The topological polar surface area (TPSA) is 108 Å². The SMILES string of the molecule is CCCCCCCCCCCC/C=C/CC/C=C/CC/C=C/C(O)C(COP(=O)([O-])OCC[N+](C)(C)C)NC(=O)CCCCCCCCC. The molecular weight excluding hydrogens is 635 g/mol. The van der Waals surface area contributed by atoms with Crippen molar-refractivity contribution in [3.63, 3.8) is 0 Å². The number of rotatable bonds is 35. The van der Waals surface area contributed by atoms with Gasteiger partial charge in [-0.25, -0.2) is 0 Å². The number of allylic oxidation sites excluding steroid dienone is 5. The van der Waals surface area contributed by atoms with Crippen LogP contribution in [-0.4, -0.2) is 68.5 Å². The molecule has 0 bridgehead atoms. The Morgan fingerprint density at radius 3 is 1.65 bits per heavy atom. The van der Waals surface area contributed by atoms with E-state index >= 15 is 0 Å². The number of phosphoric acid groups is 1. The Balaban J connectivity index is 4.46. The zero-order valence-corrected chi connectivity index (χ0v) is 33.3. The van der Waals surface area contributed by atoms with Crippen LogP contribution in [0.25, 0.3) is 0 Å². The van der Waals surface area contributed by atoms with Crippen molar-refractivity contribution in [2.24, 2.45) is 0 Å². The largest absolute Gasteiger partial charge is 0.756 e. The van der Waals surface area contributed by atoms with Crippen molar-refractivity contribution in [1.82, 2.24) is 5.32 Å². The van der Waals surface area contributed by atoms with E-state index in [4.69, 9.17) is 9.05 Å². The predicted octanol–water partition coefficient (Wildman–Crippen LogP) is 9.72. The molecule has 1 amide bonds. The summed E-state index contributed by atoms with van der Waals surface area (Å²) in [6.07, 6.45) is 37.8. The van der Waals surface area contributed by atoms with Gasteiger partial charge in [0, 0.05) is 6.42 Å². The highest BCUT2D eigenvalue weighted by Gasteiger charge is 2.23. The third kappa shape index (κ3) is 34.9. The van der Waals surface area contributed by atoms with Gasteiger partial charge in [-0.2, -0.15) is 0 Å². The Morgan fingerprint density at radius 2 is 1.14 bits per heavy atom. The van der Waals surface area contributed by atoms with E-state index in [1.54, 1.807) is 6.08 Å². The monoisotopic (exact) mass is 713 g/mol. The predicted molar refractivity (Wildman–Crippen MR) is 205 cm³/mol. The number of carbonyl (C=O) groups is 1. The third-order valence-electron chi connectivity index (χ3n) is 8.58. The Morgan fingerprint density at radius 1 is 0.694 bits per heavy atom. The number of phosphoric ester groups is 1. The number of amides is 1. The minimum Gasteiger partial charge on any atom is -0.756 e. The van der Waals surface area contributed by atoms with Gasteiger partial charge in [0.1, 0.15) is 13.2 Å². The van der Waals surface area contributed by atoms with Gasteiger partial charge in [0.25, 0.3) is 7.82 Å². The highest BCUT2D eigenvalue weighted by molar-refractivity contribution is 7.45. The van der Waals surface area contributed by atoms with E-state index in [0.717, 1.165) is 44.9 Å². The van der Waals surface area contributed by atoms with E-state index in [0.29, 0.717) is 17.4 Å². The molecule has 0 aromatic heterocycles. The first-order chi connectivity index (χ1) is 23.5. The van der Waals surface area contributed by atoms with Gasteiger partial charge in [-0.3, -0.25) is 9.36 Å². The quantitative estimate of drug-likeness (QED) is 0.0293. The summed E-state index contributed by atoms with van der Waals surface area (Å²) in [5.74, 6) is -0.221. The third-order valence-corrected chi connectivity index (χ3v) is 9.54. The van der Waals surface area contributed by atoms with E-state index in [2.05, 4.69) is 43.5 Å². The van der Waals surface area contributed by atoms with Crippen molar-refractivity contribution < 1.29 is 32.9 Å². The molecule has 0 fully saturated rings. The van der Waals surface area contributed by atoms with Gasteiger partial charge >= 0.3 is 0 Å². The number of carbonyl (C=O) groups excluding carboxylic acids is 1. The molecule has 2 N–H and O–H groups in total. The van der Waals surface area contributed by atoms with E-state index in [1.165, 1.54) is 96.3 Å². The highest BCUT2D eigenvalue weighted by Crippen LogP contribution is 2.38. The second-order valence-corrected chi connectivity index (χ2v) is 16.0. The van der Waals surface area contributed by atoms with Crippen molar-refractivity contribution in [2.45, 2.75) is 174 Å². The van der Waals surface area contributed by atoms with Gasteiger partial charge in [-0.15, -0.1) is 0 Å². The van der Waals surface area contributed by atoms with Crippen molar-refractivity contribution in [2.75, 3.05) is 40.9 Å². The zero-order chi connectivity index (χ0) is 36.5. The second-order valence-electron chi connectivity index (χ2n) is 14.6. The fourth-order valence-corrected chi connectivity index (χ4v) is 6.08. The molecule has 0 spiro atoms. The lowest BCUT2D eigenvalue weighted by atomic mass is 10.1. The summed E-state index contributed by atoms with van der Waals surface area (Å²) >= 11 is 0. The molecular formula is C40H77N2O6P. The van der Waals surface area contributed by atoms with Crippen molar-refractivity contribution in [3.05, 3.63) is 36.5 Å². The zero-order valence-electron chi connectivity index (χ0n) is 32.4. The first-order valence-electron chi connectivity index (χ1n) is 19.9. The molecule has 0 heterocycles. The van der Waals surface area contributed by atoms with Crippen molar-refractivity contribution in [3.8, 4) is 0 Å². The summed E-state index contributed by atoms with van der Waals surface area (Å²) in [6, 6.07) is -0.903. The molecule has 288 valence electrons. The lowest BCUT2D eigenvalue weighted by Crippen LogP contribution is -2.45. The maximum atomic E-state index is 12.7. The van der Waals surface area contributed by atoms with Crippen LogP contribution in [0.3, 0.4) is 0 Å². The fraction of sp³-hybridized carbons (Fsp3) is 0.825. The molecule has 3 atom stereocenters. The molecule has 0 aliphatic rings. The molecule has 8 nitrogen and oxygen atoms in total. The Bertz CT molecular complexity index is 902. The van der Waals surface area contributed by atoms with Gasteiger partial charge in [0.2, 0.25) is 5.91 Å². The number of aliphatic hydroxyl groups is 1. The number of quaternary nitrogens is 1. The van der Waals surface area contributed by atoms with Crippen LogP contribution in [0.1, 0.15) is 162 Å². The van der Waals surface area contributed by atoms with Crippen LogP contribution in [0.4, 0.5) is 0 Å². The van der Waals surface area contributed by atoms with Crippen LogP contribution in [0.5, 0.6) is 0 Å². The second kappa shape index (κ2) is 32.6. The molecule has 0 saturated heterocycles. The standard InChI is InChI=1S/C40H77N2O6P/c1-6-8-10-12-14-15-16-17-18-19-20-21-22-23-24-25-26-28-29-31-33-39(43)38(37-48-49(45,46)47-36-35-42(3,4)5)41-40(44)34-32-30-27-13-11-9-7-2/h21-22,25-26,31,33,38-39,43H,6-20,23-24,27-30,32,34-37H2,1-5H3,(H-,41,44,45,46)/b22-21+,26-25+,33-31+. The molecule has 0 aromatic rings. The lowest BCUT2D eigenvalue weighted by molar-refractivity contribution is -0.870. The Kier molecular flexibility index (Phi) is 31.8. The van der Waals surface area contributed by atoms with Gasteiger partial charge in [-0.05, 0) is 44.9 Å². The van der Waals surface area contributed by atoms with Gasteiger partial charge in [-0.1, -0.05) is 147 Å². The van der Waals surface area contributed by atoms with Crippen LogP contribution in [0, 0.1) is 0 Å². The number of hydrogen-bond donors (Lipinski definition) is 2. The first kappa shape index (κ1) is 47.7. The summed E-state index contributed by atoms with van der Waals surface area (Å²) in [4.78, 5) is 25.0. The van der Waals surface area contributed by atoms with Crippen LogP contribution in [0.15, 0.2) is 36.5 Å². The summed E-state index contributed by atoms with van der Waals surface area (Å²) < 4.78 is 23.0. The number of likely N-dealkylation sites (N-methyl/N-ethyl adjacent to an activating group) is 1. The smallest absolute Gasteiger partial charge is 0.268 e. The van der Waals surface area contributed by atoms with Crippen LogP contribution in [0.2, 0.25) is 0 Å². The van der Waals surface area contributed by atoms with E-state index < -0.39 is 26.6 Å². The summed E-state index contributed by atoms with van der Waals surface area (Å²) in [7, 11) is 1.23. The Labute approximate surface area is 302 Å². The number of unbranched alkanes of at least 4 members (excludes halogenated alkanes) is 18. The highest BCUT2D eigenvalue weighted by atomic mass is 31.2. The Hall–Kier alpha value is -1.28. The molecule has 0 aromatic carbocycles. The molecule has 0 saturated carbocycles. The van der Waals surface area contributed by atoms with Crippen LogP contribution in [-0.2, 0) is 18.4 Å². The number of nitrogens with one attached hydrogen (secondary N) is 1. The van der Waals surface area contributed by atoms with Crippen molar-refractivity contribution in [1.29, 1.82) is 0 Å². The van der Waals surface area contributed by atoms with E-state index in [1.807, 2.05) is 27.2 Å². The van der Waals surface area contributed by atoms with Crippen molar-refractivity contribution >= 4 is 13.7 Å². The molecule has 49 heavy (non-hydrogen) atoms. The number of hydrogen-bond acceptors (Lipinski definition) is 6. The molecule has 3 unspecified atom stereocenters. The minimum absolute atomic E-state index is 0.00871. The average Bonchev–Trinajstić information content (AvgIpc) is 3.04. The minimum atomic E-state index is -4.58. The molecule has 0 aliphatic heterocycles. The van der Waals surface area contributed by atoms with Gasteiger partial charge in [0.15, 0.2) is 0 Å². The van der Waals surface area contributed by atoms with Crippen LogP contribution >= 0.6 is 7.82 Å². The summed E-state index contributed by atoms with van der Waals surface area (Å²) in [5, 5.41) is 13.6. The molecule has 9 heteroatoms. The average molecular weight is 713 g/mol. The first-order valence-corrected chi connectivity index (χ1v) is 21.3. The molecule has 0 rings (SSSR count). The summed E-state index contributed by atoms with van der Waals surface area (Å²) in [6.45, 7) is 4.54. The van der Waals surface area contributed by atoms with Crippen LogP contribution < -0.4 is 10.2 Å². The van der Waals surface area contributed by atoms with E-state index in [9.17, 15) is 19.4 Å². The van der Waals surface area contributed by atoms with Gasteiger partial charge in [0.05, 0.1) is 39.9 Å². The normalized spacial score (nSPS) is 15.0. The molecule has 0 aliphatic carbocycles. The fourth-order valence-electron chi connectivity index (χ4n) is 5.36. The van der Waals surface area contributed by atoms with Gasteiger partial charge < -0.3 is 28.8 Å². The van der Waals surface area contributed by atoms with E-state index in [-0.39, 0.29) is 12.5 Å². The number of aliphatic hydroxyl groups excluding tert-OH is 1. The number of nitrogens with zero attached hydrogens (tertiary/aromatic N) is 1. The molecule has 0 radical (unpaired) electrons. The maximum Gasteiger partial charge on any atom is 0.268 e. The maximum absolute atomic E-state index is 12.7. The summed E-state index contributed by atoms with van der Waals surface area (Å²) in [5.41, 5.74) is 0. The lowest BCUT2D eigenvalue weighted by Gasteiger charge is -2.29.